The number of carbonyl (C=O) groups excluding carboxylic acids is 1. The molecule has 2 rings (SSSR count). The first-order valence-electron chi connectivity index (χ1n) is 5.98. The van der Waals surface area contributed by atoms with Crippen LogP contribution in [0.3, 0.4) is 0 Å². The molecule has 0 radical (unpaired) electrons. The van der Waals surface area contributed by atoms with Crippen LogP contribution in [0.5, 0.6) is 0 Å². The van der Waals surface area contributed by atoms with Crippen LogP contribution in [0.15, 0.2) is 22.7 Å². The smallest absolute Gasteiger partial charge is 0.313 e. The third-order valence-electron chi connectivity index (χ3n) is 2.86. The Bertz CT molecular complexity index is 664. The Kier molecular flexibility index (Phi) is 4.33. The van der Waals surface area contributed by atoms with Gasteiger partial charge in [0, 0.05) is 0 Å². The highest BCUT2D eigenvalue weighted by atomic mass is 32.2. The first kappa shape index (κ1) is 15.5. The molecular weight excluding hydrogens is 312 g/mol. The number of carboxylic acid groups (broad SMARTS) is 1. The maximum Gasteiger partial charge on any atom is 0.313 e. The fourth-order valence-electron chi connectivity index (χ4n) is 1.67. The summed E-state index contributed by atoms with van der Waals surface area (Å²) >= 11 is 2.46. The summed E-state index contributed by atoms with van der Waals surface area (Å²) in [5, 5.41) is 19.1. The van der Waals surface area contributed by atoms with E-state index >= 15 is 0 Å². The number of carbonyl (C=O) groups is 2. The number of hydrogen-bond donors (Lipinski definition) is 2. The molecule has 0 bridgehead atoms. The van der Waals surface area contributed by atoms with Gasteiger partial charge in [-0.3, -0.25) is 14.2 Å². The standard InChI is InChI=1S/C12H14N4O3S2/c1-12(2,10(13)19)16-9(7-4-3-5-20-7)14-15-11(16)21-6-8(17)18/h3-5H,6H2,1-2H3,(H2,13,19)(H,17,18). The minimum Gasteiger partial charge on any atom is -0.481 e. The molecular formula is C12H14N4O3S2. The fraction of sp³-hybridized carbons (Fsp3) is 0.333. The summed E-state index contributed by atoms with van der Waals surface area (Å²) in [6, 6.07) is 3.72. The van der Waals surface area contributed by atoms with E-state index < -0.39 is 17.4 Å². The number of aliphatic carboxylic acids is 1. The summed E-state index contributed by atoms with van der Waals surface area (Å²) in [6.45, 7) is 3.31. The summed E-state index contributed by atoms with van der Waals surface area (Å²) in [4.78, 5) is 23.3. The molecule has 0 saturated heterocycles. The molecule has 2 heterocycles. The van der Waals surface area contributed by atoms with Gasteiger partial charge in [-0.1, -0.05) is 17.8 Å². The number of carboxylic acids is 1. The molecule has 7 nitrogen and oxygen atoms in total. The number of primary amides is 1. The molecule has 112 valence electrons. The highest BCUT2D eigenvalue weighted by molar-refractivity contribution is 7.99. The number of thiophene rings is 1. The van der Waals surface area contributed by atoms with E-state index in [0.717, 1.165) is 16.6 Å². The van der Waals surface area contributed by atoms with E-state index in [0.29, 0.717) is 11.0 Å². The Morgan fingerprint density at radius 3 is 2.71 bits per heavy atom. The van der Waals surface area contributed by atoms with Crippen molar-refractivity contribution in [1.82, 2.24) is 14.8 Å². The normalized spacial score (nSPS) is 11.5. The maximum atomic E-state index is 11.8. The second kappa shape index (κ2) is 5.86. The number of rotatable bonds is 6. The lowest BCUT2D eigenvalue weighted by Crippen LogP contribution is -2.41. The lowest BCUT2D eigenvalue weighted by Gasteiger charge is -2.25. The highest BCUT2D eigenvalue weighted by Gasteiger charge is 2.34. The lowest BCUT2D eigenvalue weighted by molar-refractivity contribution is -0.133. The van der Waals surface area contributed by atoms with Gasteiger partial charge in [-0.15, -0.1) is 21.5 Å². The average Bonchev–Trinajstić information content (AvgIpc) is 3.04. The average molecular weight is 326 g/mol. The van der Waals surface area contributed by atoms with Crippen LogP contribution in [0, 0.1) is 0 Å². The molecule has 0 atom stereocenters. The van der Waals surface area contributed by atoms with E-state index in [4.69, 9.17) is 10.8 Å². The lowest BCUT2D eigenvalue weighted by atomic mass is 10.0. The molecule has 0 aliphatic carbocycles. The fourth-order valence-corrected chi connectivity index (χ4v) is 3.16. The van der Waals surface area contributed by atoms with Gasteiger partial charge < -0.3 is 10.8 Å². The van der Waals surface area contributed by atoms with Crippen LogP contribution in [0.1, 0.15) is 13.8 Å². The van der Waals surface area contributed by atoms with Crippen molar-refractivity contribution in [2.75, 3.05) is 5.75 Å². The molecule has 9 heteroatoms. The van der Waals surface area contributed by atoms with Gasteiger partial charge in [0.25, 0.3) is 0 Å². The van der Waals surface area contributed by atoms with E-state index in [9.17, 15) is 9.59 Å². The zero-order valence-electron chi connectivity index (χ0n) is 11.4. The summed E-state index contributed by atoms with van der Waals surface area (Å²) in [5.74, 6) is -1.18. The first-order chi connectivity index (χ1) is 9.84. The highest BCUT2D eigenvalue weighted by Crippen LogP contribution is 2.32. The van der Waals surface area contributed by atoms with Crippen molar-refractivity contribution in [2.24, 2.45) is 5.73 Å². The van der Waals surface area contributed by atoms with Crippen molar-refractivity contribution in [3.05, 3.63) is 17.5 Å². The van der Waals surface area contributed by atoms with Crippen LogP contribution in [0.4, 0.5) is 0 Å². The van der Waals surface area contributed by atoms with Gasteiger partial charge in [0.15, 0.2) is 11.0 Å². The first-order valence-corrected chi connectivity index (χ1v) is 7.85. The molecule has 0 aliphatic rings. The maximum absolute atomic E-state index is 11.8. The van der Waals surface area contributed by atoms with Gasteiger partial charge in [-0.25, -0.2) is 0 Å². The molecule has 21 heavy (non-hydrogen) atoms. The predicted octanol–water partition coefficient (Wildman–Crippen LogP) is 1.40. The van der Waals surface area contributed by atoms with E-state index in [1.165, 1.54) is 11.3 Å². The van der Waals surface area contributed by atoms with Gasteiger partial charge in [-0.05, 0) is 25.3 Å². The second-order valence-corrected chi connectivity index (χ2v) is 6.61. The molecule has 0 unspecified atom stereocenters. The molecule has 0 fully saturated rings. The van der Waals surface area contributed by atoms with E-state index in [2.05, 4.69) is 10.2 Å². The second-order valence-electron chi connectivity index (χ2n) is 4.72. The van der Waals surface area contributed by atoms with Gasteiger partial charge in [0.1, 0.15) is 5.54 Å². The zero-order valence-corrected chi connectivity index (χ0v) is 13.1. The Morgan fingerprint density at radius 2 is 2.19 bits per heavy atom. The van der Waals surface area contributed by atoms with E-state index in [-0.39, 0.29) is 5.75 Å². The molecule has 2 aromatic heterocycles. The molecule has 1 amide bonds. The van der Waals surface area contributed by atoms with Crippen LogP contribution < -0.4 is 5.73 Å². The molecule has 0 aliphatic heterocycles. The van der Waals surface area contributed by atoms with Crippen LogP contribution in [0.25, 0.3) is 10.7 Å². The third-order valence-corrected chi connectivity index (χ3v) is 4.64. The number of nitrogens with two attached hydrogens (primary N) is 1. The Labute approximate surface area is 129 Å². The van der Waals surface area contributed by atoms with Crippen molar-refractivity contribution in [1.29, 1.82) is 0 Å². The van der Waals surface area contributed by atoms with Crippen LogP contribution in [-0.4, -0.2) is 37.5 Å². The zero-order chi connectivity index (χ0) is 15.6. The number of amides is 1. The number of aromatic nitrogens is 3. The quantitative estimate of drug-likeness (QED) is 0.776. The molecule has 0 aromatic carbocycles. The minimum absolute atomic E-state index is 0.169. The van der Waals surface area contributed by atoms with E-state index in [1.807, 2.05) is 17.5 Å². The SMILES string of the molecule is CC(C)(C(N)=O)n1c(SCC(=O)O)nnc1-c1cccs1. The Balaban J connectivity index is 2.53. The summed E-state index contributed by atoms with van der Waals surface area (Å²) in [5.41, 5.74) is 4.41. The van der Waals surface area contributed by atoms with Gasteiger partial charge in [0.05, 0.1) is 10.6 Å². The third kappa shape index (κ3) is 3.08. The van der Waals surface area contributed by atoms with Gasteiger partial charge in [0.2, 0.25) is 5.91 Å². The van der Waals surface area contributed by atoms with Crippen LogP contribution >= 0.6 is 23.1 Å². The topological polar surface area (TPSA) is 111 Å². The summed E-state index contributed by atoms with van der Waals surface area (Å²) in [6.07, 6.45) is 0. The number of hydrogen-bond acceptors (Lipinski definition) is 6. The molecule has 0 saturated carbocycles. The van der Waals surface area contributed by atoms with Crippen molar-refractivity contribution in [2.45, 2.75) is 24.5 Å². The summed E-state index contributed by atoms with van der Waals surface area (Å²) in [7, 11) is 0. The number of nitrogens with zero attached hydrogens (tertiary/aromatic N) is 3. The van der Waals surface area contributed by atoms with Crippen LogP contribution in [-0.2, 0) is 15.1 Å². The predicted molar refractivity (Wildman–Crippen MR) is 80.2 cm³/mol. The molecule has 2 aromatic rings. The Morgan fingerprint density at radius 1 is 1.48 bits per heavy atom. The minimum atomic E-state index is -1.07. The van der Waals surface area contributed by atoms with Crippen molar-refractivity contribution >= 4 is 35.0 Å². The van der Waals surface area contributed by atoms with Crippen molar-refractivity contribution in [3.63, 3.8) is 0 Å². The van der Waals surface area contributed by atoms with Crippen LogP contribution in [0.2, 0.25) is 0 Å². The van der Waals surface area contributed by atoms with E-state index in [1.54, 1.807) is 18.4 Å². The van der Waals surface area contributed by atoms with Gasteiger partial charge >= 0.3 is 5.97 Å². The van der Waals surface area contributed by atoms with Crippen molar-refractivity contribution in [3.8, 4) is 10.7 Å². The molecule has 3 N–H and O–H groups in total. The van der Waals surface area contributed by atoms with Gasteiger partial charge in [-0.2, -0.15) is 0 Å². The van der Waals surface area contributed by atoms with Crippen molar-refractivity contribution < 1.29 is 14.7 Å². The largest absolute Gasteiger partial charge is 0.481 e. The number of thioether (sulfide) groups is 1. The summed E-state index contributed by atoms with van der Waals surface area (Å²) < 4.78 is 1.59. The molecule has 0 spiro atoms. The monoisotopic (exact) mass is 326 g/mol. The Hall–Kier alpha value is -1.87.